The molecule has 0 saturated carbocycles. The summed E-state index contributed by atoms with van der Waals surface area (Å²) in [6, 6.07) is 11.6. The third-order valence-electron chi connectivity index (χ3n) is 4.99. The molecule has 2 aliphatic rings. The Kier molecular flexibility index (Phi) is 4.04. The first-order valence-electron chi connectivity index (χ1n) is 8.47. The molecule has 1 heterocycles. The minimum absolute atomic E-state index is 0.0975. The summed E-state index contributed by atoms with van der Waals surface area (Å²) in [6.07, 6.45) is 4.91. The average molecular weight is 312 g/mol. The van der Waals surface area contributed by atoms with Gasteiger partial charge in [-0.3, -0.25) is 0 Å². The molecule has 1 saturated heterocycles. The fraction of sp³-hybridized carbons (Fsp3) is 0.400. The van der Waals surface area contributed by atoms with Gasteiger partial charge in [-0.25, -0.2) is 4.39 Å². The van der Waals surface area contributed by atoms with E-state index in [-0.39, 0.29) is 5.82 Å². The van der Waals surface area contributed by atoms with Gasteiger partial charge in [0.1, 0.15) is 17.3 Å². The van der Waals surface area contributed by atoms with Crippen molar-refractivity contribution in [1.29, 1.82) is 0 Å². The highest BCUT2D eigenvalue weighted by Gasteiger charge is 2.20. The van der Waals surface area contributed by atoms with Crippen molar-refractivity contribution in [1.82, 2.24) is 0 Å². The van der Waals surface area contributed by atoms with Gasteiger partial charge in [-0.15, -0.1) is 0 Å². The smallest absolute Gasteiger partial charge is 0.131 e. The second-order valence-electron chi connectivity index (χ2n) is 6.41. The monoisotopic (exact) mass is 312 g/mol. The van der Waals surface area contributed by atoms with E-state index in [1.165, 1.54) is 11.6 Å². The van der Waals surface area contributed by atoms with E-state index in [1.54, 1.807) is 6.07 Å². The molecule has 0 N–H and O–H groups in total. The van der Waals surface area contributed by atoms with Gasteiger partial charge in [0.2, 0.25) is 0 Å². The quantitative estimate of drug-likeness (QED) is 0.794. The van der Waals surface area contributed by atoms with Gasteiger partial charge in [0.15, 0.2) is 0 Å². The van der Waals surface area contributed by atoms with Crippen molar-refractivity contribution in [3.05, 3.63) is 58.9 Å². The van der Waals surface area contributed by atoms with Gasteiger partial charge in [0.05, 0.1) is 0 Å². The summed E-state index contributed by atoms with van der Waals surface area (Å²) in [5, 5.41) is 0. The molecular weight excluding hydrogens is 291 g/mol. The van der Waals surface area contributed by atoms with E-state index < -0.39 is 0 Å². The third kappa shape index (κ3) is 2.98. The van der Waals surface area contributed by atoms with Crippen LogP contribution in [0.5, 0.6) is 11.5 Å². The summed E-state index contributed by atoms with van der Waals surface area (Å²) < 4.78 is 25.3. The largest absolute Gasteiger partial charge is 0.457 e. The summed E-state index contributed by atoms with van der Waals surface area (Å²) in [5.74, 6) is 2.12. The van der Waals surface area contributed by atoms with Crippen LogP contribution in [0, 0.1) is 5.82 Å². The molecule has 0 bridgehead atoms. The predicted octanol–water partition coefficient (Wildman–Crippen LogP) is 5.00. The number of halogens is 1. The maximum Gasteiger partial charge on any atom is 0.131 e. The standard InChI is InChI=1S/C20H21FO2/c21-19-8-9-20(18-3-1-2-17(18)19)23-16-6-4-14(5-7-16)15-10-12-22-13-11-15/h4-9,15H,1-3,10-13H2. The van der Waals surface area contributed by atoms with E-state index in [1.807, 2.05) is 12.1 Å². The molecule has 0 radical (unpaired) electrons. The minimum Gasteiger partial charge on any atom is -0.457 e. The molecule has 0 unspecified atom stereocenters. The van der Waals surface area contributed by atoms with Gasteiger partial charge in [0.25, 0.3) is 0 Å². The third-order valence-corrected chi connectivity index (χ3v) is 4.99. The SMILES string of the molecule is Fc1ccc(Oc2ccc(C3CCOCC3)cc2)c2c1CCC2. The first-order chi connectivity index (χ1) is 11.3. The van der Waals surface area contributed by atoms with E-state index in [4.69, 9.17) is 9.47 Å². The van der Waals surface area contributed by atoms with E-state index in [0.29, 0.717) is 5.92 Å². The Morgan fingerprint density at radius 2 is 1.65 bits per heavy atom. The molecule has 120 valence electrons. The Balaban J connectivity index is 1.52. The summed E-state index contributed by atoms with van der Waals surface area (Å²) in [6.45, 7) is 1.70. The minimum atomic E-state index is -0.0975. The second-order valence-corrected chi connectivity index (χ2v) is 6.41. The number of rotatable bonds is 3. The zero-order chi connectivity index (χ0) is 15.6. The van der Waals surface area contributed by atoms with Crippen LogP contribution in [0.2, 0.25) is 0 Å². The van der Waals surface area contributed by atoms with Crippen LogP contribution in [-0.4, -0.2) is 13.2 Å². The van der Waals surface area contributed by atoms with Crippen molar-refractivity contribution in [2.45, 2.75) is 38.0 Å². The van der Waals surface area contributed by atoms with Crippen molar-refractivity contribution < 1.29 is 13.9 Å². The van der Waals surface area contributed by atoms with Crippen molar-refractivity contribution in [2.24, 2.45) is 0 Å². The van der Waals surface area contributed by atoms with Gasteiger partial charge in [0, 0.05) is 18.8 Å². The lowest BCUT2D eigenvalue weighted by Crippen LogP contribution is -2.13. The van der Waals surface area contributed by atoms with E-state index in [9.17, 15) is 4.39 Å². The first-order valence-corrected chi connectivity index (χ1v) is 8.47. The second kappa shape index (κ2) is 6.32. The fourth-order valence-electron chi connectivity index (χ4n) is 3.69. The van der Waals surface area contributed by atoms with Gasteiger partial charge in [-0.05, 0) is 73.4 Å². The molecule has 0 aromatic heterocycles. The molecular formula is C20H21FO2. The van der Waals surface area contributed by atoms with Crippen LogP contribution in [0.3, 0.4) is 0 Å². The lowest BCUT2D eigenvalue weighted by molar-refractivity contribution is 0.0853. The van der Waals surface area contributed by atoms with E-state index in [0.717, 1.165) is 67.9 Å². The Hall–Kier alpha value is -1.87. The van der Waals surface area contributed by atoms with Gasteiger partial charge >= 0.3 is 0 Å². The lowest BCUT2D eigenvalue weighted by atomic mass is 9.92. The molecule has 1 aliphatic heterocycles. The topological polar surface area (TPSA) is 18.5 Å². The van der Waals surface area contributed by atoms with E-state index >= 15 is 0 Å². The zero-order valence-electron chi connectivity index (χ0n) is 13.2. The Labute approximate surface area is 136 Å². The van der Waals surface area contributed by atoms with Gasteiger partial charge in [-0.2, -0.15) is 0 Å². The van der Waals surface area contributed by atoms with Crippen molar-refractivity contribution in [2.75, 3.05) is 13.2 Å². The lowest BCUT2D eigenvalue weighted by Gasteiger charge is -2.22. The highest BCUT2D eigenvalue weighted by Crippen LogP contribution is 2.36. The Bertz CT molecular complexity index is 688. The molecule has 1 aliphatic carbocycles. The molecule has 2 nitrogen and oxygen atoms in total. The summed E-state index contributed by atoms with van der Waals surface area (Å²) in [5.41, 5.74) is 3.23. The maximum absolute atomic E-state index is 13.8. The molecule has 0 atom stereocenters. The molecule has 0 amide bonds. The first kappa shape index (κ1) is 14.7. The van der Waals surface area contributed by atoms with Crippen molar-refractivity contribution in [3.63, 3.8) is 0 Å². The van der Waals surface area contributed by atoms with Crippen LogP contribution in [0.1, 0.15) is 41.9 Å². The van der Waals surface area contributed by atoms with Crippen LogP contribution in [-0.2, 0) is 17.6 Å². The molecule has 2 aromatic rings. The summed E-state index contributed by atoms with van der Waals surface area (Å²) >= 11 is 0. The molecule has 0 spiro atoms. The van der Waals surface area contributed by atoms with Gasteiger partial charge < -0.3 is 9.47 Å². The van der Waals surface area contributed by atoms with Crippen molar-refractivity contribution in [3.8, 4) is 11.5 Å². The number of hydrogen-bond acceptors (Lipinski definition) is 2. The van der Waals surface area contributed by atoms with Crippen LogP contribution in [0.15, 0.2) is 36.4 Å². The summed E-state index contributed by atoms with van der Waals surface area (Å²) in [7, 11) is 0. The van der Waals surface area contributed by atoms with Crippen molar-refractivity contribution >= 4 is 0 Å². The van der Waals surface area contributed by atoms with Crippen LogP contribution < -0.4 is 4.74 Å². The van der Waals surface area contributed by atoms with Crippen LogP contribution in [0.25, 0.3) is 0 Å². The number of fused-ring (bicyclic) bond motifs is 1. The summed E-state index contributed by atoms with van der Waals surface area (Å²) in [4.78, 5) is 0. The number of ether oxygens (including phenoxy) is 2. The fourth-order valence-corrected chi connectivity index (χ4v) is 3.69. The zero-order valence-corrected chi connectivity index (χ0v) is 13.2. The molecule has 3 heteroatoms. The maximum atomic E-state index is 13.8. The average Bonchev–Trinajstić information content (AvgIpc) is 3.10. The molecule has 23 heavy (non-hydrogen) atoms. The van der Waals surface area contributed by atoms with E-state index in [2.05, 4.69) is 12.1 Å². The highest BCUT2D eigenvalue weighted by atomic mass is 19.1. The number of benzene rings is 2. The molecule has 2 aromatic carbocycles. The molecule has 1 fully saturated rings. The van der Waals surface area contributed by atoms with Gasteiger partial charge in [-0.1, -0.05) is 12.1 Å². The van der Waals surface area contributed by atoms with Crippen LogP contribution in [0.4, 0.5) is 4.39 Å². The Morgan fingerprint density at radius 3 is 2.43 bits per heavy atom. The highest BCUT2D eigenvalue weighted by molar-refractivity contribution is 5.46. The Morgan fingerprint density at radius 1 is 0.913 bits per heavy atom. The van der Waals surface area contributed by atoms with Crippen LogP contribution >= 0.6 is 0 Å². The predicted molar refractivity (Wildman–Crippen MR) is 87.7 cm³/mol. The molecule has 4 rings (SSSR count). The number of hydrogen-bond donors (Lipinski definition) is 0. The normalized spacial score (nSPS) is 18.0.